The number of hydrogen-bond donors (Lipinski definition) is 2. The topological polar surface area (TPSA) is 64.7 Å². The zero-order valence-electron chi connectivity index (χ0n) is 18.5. The van der Waals surface area contributed by atoms with Crippen LogP contribution in [-0.2, 0) is 9.59 Å². The highest BCUT2D eigenvalue weighted by Gasteiger charge is 2.18. The molecule has 2 N–H and O–H groups in total. The molecule has 0 fully saturated rings. The van der Waals surface area contributed by atoms with Crippen molar-refractivity contribution in [2.75, 3.05) is 45.6 Å². The maximum atomic E-state index is 12.6. The lowest BCUT2D eigenvalue weighted by molar-refractivity contribution is -0.123. The largest absolute Gasteiger partial charge is 0.353 e. The van der Waals surface area contributed by atoms with Crippen molar-refractivity contribution in [2.45, 2.75) is 26.3 Å². The van der Waals surface area contributed by atoms with Gasteiger partial charge in [0.15, 0.2) is 0 Å². The molecule has 1 atom stereocenters. The highest BCUT2D eigenvalue weighted by Crippen LogP contribution is 2.16. The number of carbonyl (C=O) groups is 2. The van der Waals surface area contributed by atoms with Gasteiger partial charge in [0, 0.05) is 12.2 Å². The van der Waals surface area contributed by atoms with Crippen LogP contribution >= 0.6 is 0 Å². The van der Waals surface area contributed by atoms with E-state index in [9.17, 15) is 9.59 Å². The number of para-hydroxylation sites is 1. The molecule has 162 valence electrons. The summed E-state index contributed by atoms with van der Waals surface area (Å²) < 4.78 is 0. The molecule has 1 unspecified atom stereocenters. The Labute approximate surface area is 180 Å². The van der Waals surface area contributed by atoms with Crippen LogP contribution in [0, 0.1) is 6.92 Å². The van der Waals surface area contributed by atoms with Crippen LogP contribution in [-0.4, -0.2) is 61.9 Å². The lowest BCUT2D eigenvalue weighted by Gasteiger charge is -2.26. The van der Waals surface area contributed by atoms with Gasteiger partial charge in [-0.05, 0) is 51.2 Å². The highest BCUT2D eigenvalue weighted by atomic mass is 16.2. The molecule has 2 aromatic rings. The van der Waals surface area contributed by atoms with Crippen LogP contribution in [0.25, 0.3) is 0 Å². The van der Waals surface area contributed by atoms with Crippen LogP contribution in [0.4, 0.5) is 5.69 Å². The molecule has 0 saturated carbocycles. The summed E-state index contributed by atoms with van der Waals surface area (Å²) in [6.07, 6.45) is 0.870. The Morgan fingerprint density at radius 3 is 2.20 bits per heavy atom. The lowest BCUT2D eigenvalue weighted by atomic mass is 10.1. The van der Waals surface area contributed by atoms with Crippen molar-refractivity contribution in [1.29, 1.82) is 0 Å². The standard InChI is InChI=1S/C24H34N4O2/c1-5-15-28(18-24(30)26-21-14-10-9-11-19(21)2)17-23(29)25-16-22(27(3)4)20-12-7-6-8-13-20/h6-14,22H,5,15-18H2,1-4H3,(H,25,29)(H,26,30). The van der Waals surface area contributed by atoms with Gasteiger partial charge in [0.05, 0.1) is 19.1 Å². The van der Waals surface area contributed by atoms with E-state index in [1.54, 1.807) is 0 Å². The summed E-state index contributed by atoms with van der Waals surface area (Å²) in [5.74, 6) is -0.184. The van der Waals surface area contributed by atoms with Gasteiger partial charge in [-0.3, -0.25) is 14.5 Å². The van der Waals surface area contributed by atoms with Crippen LogP contribution in [0.2, 0.25) is 0 Å². The van der Waals surface area contributed by atoms with Gasteiger partial charge in [0.25, 0.3) is 0 Å². The molecule has 0 saturated heterocycles. The van der Waals surface area contributed by atoms with Gasteiger partial charge in [0.1, 0.15) is 0 Å². The van der Waals surface area contributed by atoms with Crippen molar-refractivity contribution in [1.82, 2.24) is 15.1 Å². The van der Waals surface area contributed by atoms with E-state index < -0.39 is 0 Å². The Bertz CT molecular complexity index is 808. The monoisotopic (exact) mass is 410 g/mol. The van der Waals surface area contributed by atoms with Crippen molar-refractivity contribution in [3.8, 4) is 0 Å². The van der Waals surface area contributed by atoms with Gasteiger partial charge >= 0.3 is 0 Å². The number of aryl methyl sites for hydroxylation is 1. The minimum absolute atomic E-state index is 0.0741. The predicted molar refractivity (Wildman–Crippen MR) is 122 cm³/mol. The Kier molecular flexibility index (Phi) is 9.51. The molecule has 6 nitrogen and oxygen atoms in total. The van der Waals surface area contributed by atoms with Gasteiger partial charge < -0.3 is 15.5 Å². The number of nitrogens with one attached hydrogen (secondary N) is 2. The van der Waals surface area contributed by atoms with Gasteiger partial charge in [-0.1, -0.05) is 55.5 Å². The van der Waals surface area contributed by atoms with Gasteiger partial charge in [0.2, 0.25) is 11.8 Å². The quantitative estimate of drug-likeness (QED) is 0.598. The molecule has 0 aliphatic heterocycles. The lowest BCUT2D eigenvalue weighted by Crippen LogP contribution is -2.43. The van der Waals surface area contributed by atoms with Gasteiger partial charge in [-0.2, -0.15) is 0 Å². The average molecular weight is 411 g/mol. The number of carbonyl (C=O) groups excluding carboxylic acids is 2. The van der Waals surface area contributed by atoms with E-state index in [0.29, 0.717) is 13.1 Å². The first-order valence-corrected chi connectivity index (χ1v) is 10.5. The maximum Gasteiger partial charge on any atom is 0.238 e. The van der Waals surface area contributed by atoms with E-state index in [1.165, 1.54) is 0 Å². The molecular formula is C24H34N4O2. The zero-order valence-corrected chi connectivity index (χ0v) is 18.5. The van der Waals surface area contributed by atoms with Crippen LogP contribution in [0.1, 0.15) is 30.5 Å². The van der Waals surface area contributed by atoms with Gasteiger partial charge in [-0.15, -0.1) is 0 Å². The molecule has 30 heavy (non-hydrogen) atoms. The van der Waals surface area contributed by atoms with Crippen LogP contribution in [0.5, 0.6) is 0 Å². The third-order valence-corrected chi connectivity index (χ3v) is 4.99. The number of hydrogen-bond acceptors (Lipinski definition) is 4. The first kappa shape index (κ1) is 23.6. The van der Waals surface area contributed by atoms with Gasteiger partial charge in [-0.25, -0.2) is 0 Å². The average Bonchev–Trinajstić information content (AvgIpc) is 2.70. The Morgan fingerprint density at radius 1 is 0.933 bits per heavy atom. The number of nitrogens with zero attached hydrogens (tertiary/aromatic N) is 2. The fourth-order valence-electron chi connectivity index (χ4n) is 3.38. The number of amides is 2. The molecular weight excluding hydrogens is 376 g/mol. The first-order valence-electron chi connectivity index (χ1n) is 10.5. The molecule has 0 spiro atoms. The summed E-state index contributed by atoms with van der Waals surface area (Å²) in [4.78, 5) is 29.0. The minimum atomic E-state index is -0.110. The Morgan fingerprint density at radius 2 is 1.57 bits per heavy atom. The smallest absolute Gasteiger partial charge is 0.238 e. The van der Waals surface area contributed by atoms with Crippen molar-refractivity contribution < 1.29 is 9.59 Å². The van der Waals surface area contributed by atoms with E-state index in [4.69, 9.17) is 0 Å². The molecule has 0 bridgehead atoms. The summed E-state index contributed by atoms with van der Waals surface area (Å²) in [6.45, 7) is 5.59. The molecule has 2 amide bonds. The summed E-state index contributed by atoms with van der Waals surface area (Å²) in [6, 6.07) is 17.9. The van der Waals surface area contributed by atoms with Crippen molar-refractivity contribution in [2.24, 2.45) is 0 Å². The minimum Gasteiger partial charge on any atom is -0.353 e. The third kappa shape index (κ3) is 7.61. The number of rotatable bonds is 11. The van der Waals surface area contributed by atoms with E-state index in [1.807, 2.05) is 75.3 Å². The van der Waals surface area contributed by atoms with E-state index in [2.05, 4.69) is 27.7 Å². The van der Waals surface area contributed by atoms with E-state index in [0.717, 1.165) is 23.2 Å². The SMILES string of the molecule is CCCN(CC(=O)NCC(c1ccccc1)N(C)C)CC(=O)Nc1ccccc1C. The Hall–Kier alpha value is -2.70. The van der Waals surface area contributed by atoms with Crippen LogP contribution < -0.4 is 10.6 Å². The molecule has 0 radical (unpaired) electrons. The molecule has 0 heterocycles. The van der Waals surface area contributed by atoms with Crippen molar-refractivity contribution >= 4 is 17.5 Å². The van der Waals surface area contributed by atoms with Crippen molar-refractivity contribution in [3.63, 3.8) is 0 Å². The molecule has 0 aromatic heterocycles. The zero-order chi connectivity index (χ0) is 21.9. The summed E-state index contributed by atoms with van der Waals surface area (Å²) in [5.41, 5.74) is 2.98. The van der Waals surface area contributed by atoms with E-state index in [-0.39, 0.29) is 30.9 Å². The fourth-order valence-corrected chi connectivity index (χ4v) is 3.38. The Balaban J connectivity index is 1.89. The summed E-state index contributed by atoms with van der Waals surface area (Å²) in [7, 11) is 4.01. The van der Waals surface area contributed by atoms with E-state index >= 15 is 0 Å². The van der Waals surface area contributed by atoms with Crippen LogP contribution in [0.3, 0.4) is 0 Å². The second-order valence-corrected chi connectivity index (χ2v) is 7.77. The molecule has 0 aliphatic carbocycles. The maximum absolute atomic E-state index is 12.6. The van der Waals surface area contributed by atoms with Crippen molar-refractivity contribution in [3.05, 3.63) is 65.7 Å². The normalized spacial score (nSPS) is 12.1. The predicted octanol–water partition coefficient (Wildman–Crippen LogP) is 3.06. The number of anilines is 1. The molecule has 0 aliphatic rings. The summed E-state index contributed by atoms with van der Waals surface area (Å²) in [5, 5.41) is 5.97. The third-order valence-electron chi connectivity index (χ3n) is 4.99. The highest BCUT2D eigenvalue weighted by molar-refractivity contribution is 5.93. The summed E-state index contributed by atoms with van der Waals surface area (Å²) >= 11 is 0. The number of likely N-dealkylation sites (N-methyl/N-ethyl adjacent to an activating group) is 1. The van der Waals surface area contributed by atoms with Crippen LogP contribution in [0.15, 0.2) is 54.6 Å². The second-order valence-electron chi connectivity index (χ2n) is 7.77. The molecule has 2 rings (SSSR count). The first-order chi connectivity index (χ1) is 14.4. The fraction of sp³-hybridized carbons (Fsp3) is 0.417. The number of benzene rings is 2. The molecule has 6 heteroatoms. The molecule has 2 aromatic carbocycles. The second kappa shape index (κ2) is 12.1.